The molecule has 4 nitrogen and oxygen atoms in total. The van der Waals surface area contributed by atoms with Gasteiger partial charge in [0.05, 0.1) is 30.6 Å². The van der Waals surface area contributed by atoms with E-state index in [1.165, 1.54) is 25.3 Å². The minimum atomic E-state index is -0.478. The molecule has 1 N–H and O–H groups in total. The second-order valence-electron chi connectivity index (χ2n) is 4.71. The molecule has 1 aromatic carbocycles. The van der Waals surface area contributed by atoms with Gasteiger partial charge in [-0.1, -0.05) is 0 Å². The van der Waals surface area contributed by atoms with Crippen LogP contribution >= 0.6 is 0 Å². The lowest BCUT2D eigenvalue weighted by atomic mass is 10.1. The summed E-state index contributed by atoms with van der Waals surface area (Å²) in [7, 11) is 1.30. The van der Waals surface area contributed by atoms with Crippen molar-refractivity contribution in [1.29, 1.82) is 0 Å². The van der Waals surface area contributed by atoms with Crippen LogP contribution in [0.1, 0.15) is 30.1 Å². The number of methoxy groups -OCH3 is 1. The third-order valence-corrected chi connectivity index (χ3v) is 3.23. The SMILES string of the molecule is COC(=O)c1ccc(F)c(NCC2CCC(C)O2)c1. The fourth-order valence-electron chi connectivity index (χ4n) is 2.16. The molecule has 0 saturated carbocycles. The first-order valence-electron chi connectivity index (χ1n) is 6.37. The van der Waals surface area contributed by atoms with Gasteiger partial charge in [-0.15, -0.1) is 0 Å². The first-order chi connectivity index (χ1) is 9.10. The van der Waals surface area contributed by atoms with Crippen molar-refractivity contribution in [2.75, 3.05) is 19.0 Å². The number of carbonyl (C=O) groups is 1. The Kier molecular flexibility index (Phi) is 4.37. The Bertz CT molecular complexity index is 464. The van der Waals surface area contributed by atoms with Crippen LogP contribution in [-0.2, 0) is 9.47 Å². The Morgan fingerprint density at radius 3 is 2.95 bits per heavy atom. The quantitative estimate of drug-likeness (QED) is 0.852. The van der Waals surface area contributed by atoms with Gasteiger partial charge in [0.1, 0.15) is 5.82 Å². The van der Waals surface area contributed by atoms with E-state index in [1.807, 2.05) is 6.92 Å². The van der Waals surface area contributed by atoms with Crippen molar-refractivity contribution in [2.24, 2.45) is 0 Å². The smallest absolute Gasteiger partial charge is 0.337 e. The van der Waals surface area contributed by atoms with Crippen LogP contribution in [0.15, 0.2) is 18.2 Å². The zero-order chi connectivity index (χ0) is 13.8. The van der Waals surface area contributed by atoms with Crippen molar-refractivity contribution in [3.05, 3.63) is 29.6 Å². The van der Waals surface area contributed by atoms with Crippen molar-refractivity contribution in [2.45, 2.75) is 32.0 Å². The summed E-state index contributed by atoms with van der Waals surface area (Å²) in [5.74, 6) is -0.868. The lowest BCUT2D eigenvalue weighted by Crippen LogP contribution is -2.20. The van der Waals surface area contributed by atoms with Gasteiger partial charge in [0, 0.05) is 6.54 Å². The maximum Gasteiger partial charge on any atom is 0.337 e. The monoisotopic (exact) mass is 267 g/mol. The first-order valence-corrected chi connectivity index (χ1v) is 6.37. The van der Waals surface area contributed by atoms with Crippen LogP contribution in [0.2, 0.25) is 0 Å². The second kappa shape index (κ2) is 6.02. The molecule has 2 unspecified atom stereocenters. The van der Waals surface area contributed by atoms with Crippen LogP contribution in [0.5, 0.6) is 0 Å². The number of nitrogens with one attached hydrogen (secondary N) is 1. The third-order valence-electron chi connectivity index (χ3n) is 3.23. The van der Waals surface area contributed by atoms with Crippen molar-refractivity contribution in [3.8, 4) is 0 Å². The molecular formula is C14H18FNO3. The predicted octanol–water partition coefficient (Wildman–Crippen LogP) is 2.59. The van der Waals surface area contributed by atoms with Gasteiger partial charge in [-0.2, -0.15) is 0 Å². The van der Waals surface area contributed by atoms with Gasteiger partial charge in [0.15, 0.2) is 0 Å². The molecule has 1 fully saturated rings. The summed E-state index contributed by atoms with van der Waals surface area (Å²) in [6.07, 6.45) is 2.35. The van der Waals surface area contributed by atoms with Gasteiger partial charge in [-0.25, -0.2) is 9.18 Å². The van der Waals surface area contributed by atoms with Crippen LogP contribution in [0.4, 0.5) is 10.1 Å². The van der Waals surface area contributed by atoms with Gasteiger partial charge in [-0.05, 0) is 38.0 Å². The van der Waals surface area contributed by atoms with Gasteiger partial charge in [-0.3, -0.25) is 0 Å². The first kappa shape index (κ1) is 13.8. The van der Waals surface area contributed by atoms with Crippen LogP contribution in [-0.4, -0.2) is 31.8 Å². The topological polar surface area (TPSA) is 47.6 Å². The molecule has 0 aliphatic carbocycles. The summed E-state index contributed by atoms with van der Waals surface area (Å²) in [6, 6.07) is 4.12. The highest BCUT2D eigenvalue weighted by Gasteiger charge is 2.21. The van der Waals surface area contributed by atoms with Crippen molar-refractivity contribution >= 4 is 11.7 Å². The summed E-state index contributed by atoms with van der Waals surface area (Å²) in [4.78, 5) is 11.4. The number of ether oxygens (including phenoxy) is 2. The molecular weight excluding hydrogens is 249 g/mol. The van der Waals surface area contributed by atoms with Crippen LogP contribution < -0.4 is 5.32 Å². The van der Waals surface area contributed by atoms with Crippen molar-refractivity contribution in [3.63, 3.8) is 0 Å². The minimum absolute atomic E-state index is 0.0937. The van der Waals surface area contributed by atoms with E-state index in [0.717, 1.165) is 12.8 Å². The molecule has 0 bridgehead atoms. The Morgan fingerprint density at radius 2 is 2.32 bits per heavy atom. The van der Waals surface area contributed by atoms with E-state index in [9.17, 15) is 9.18 Å². The summed E-state index contributed by atoms with van der Waals surface area (Å²) >= 11 is 0. The highest BCUT2D eigenvalue weighted by molar-refractivity contribution is 5.90. The molecule has 1 saturated heterocycles. The van der Waals surface area contributed by atoms with Crippen LogP contribution in [0.3, 0.4) is 0 Å². The predicted molar refractivity (Wildman–Crippen MR) is 69.8 cm³/mol. The van der Waals surface area contributed by atoms with Gasteiger partial charge >= 0.3 is 5.97 Å². The molecule has 0 radical (unpaired) electrons. The van der Waals surface area contributed by atoms with E-state index in [4.69, 9.17) is 4.74 Å². The summed E-state index contributed by atoms with van der Waals surface area (Å²) in [5.41, 5.74) is 0.623. The van der Waals surface area contributed by atoms with E-state index in [0.29, 0.717) is 17.8 Å². The zero-order valence-corrected chi connectivity index (χ0v) is 11.1. The highest BCUT2D eigenvalue weighted by Crippen LogP contribution is 2.21. The van der Waals surface area contributed by atoms with E-state index >= 15 is 0 Å². The zero-order valence-electron chi connectivity index (χ0n) is 11.1. The lowest BCUT2D eigenvalue weighted by Gasteiger charge is -2.14. The third kappa shape index (κ3) is 3.44. The molecule has 2 atom stereocenters. The average molecular weight is 267 g/mol. The number of halogens is 1. The van der Waals surface area contributed by atoms with Gasteiger partial charge < -0.3 is 14.8 Å². The van der Waals surface area contributed by atoms with Gasteiger partial charge in [0.25, 0.3) is 0 Å². The highest BCUT2D eigenvalue weighted by atomic mass is 19.1. The van der Waals surface area contributed by atoms with E-state index in [-0.39, 0.29) is 12.2 Å². The molecule has 2 rings (SSSR count). The Hall–Kier alpha value is -1.62. The second-order valence-corrected chi connectivity index (χ2v) is 4.71. The van der Waals surface area contributed by atoms with E-state index in [1.54, 1.807) is 0 Å². The molecule has 19 heavy (non-hydrogen) atoms. The fraction of sp³-hybridized carbons (Fsp3) is 0.500. The minimum Gasteiger partial charge on any atom is -0.465 e. The molecule has 0 aromatic heterocycles. The molecule has 1 aliphatic heterocycles. The molecule has 1 heterocycles. The molecule has 0 amide bonds. The number of hydrogen-bond acceptors (Lipinski definition) is 4. The lowest BCUT2D eigenvalue weighted by molar-refractivity contribution is 0.0600. The average Bonchev–Trinajstić information content (AvgIpc) is 2.82. The number of benzene rings is 1. The maximum absolute atomic E-state index is 13.6. The van der Waals surface area contributed by atoms with E-state index in [2.05, 4.69) is 10.1 Å². The van der Waals surface area contributed by atoms with Gasteiger partial charge in [0.2, 0.25) is 0 Å². The molecule has 5 heteroatoms. The fourth-order valence-corrected chi connectivity index (χ4v) is 2.16. The number of carbonyl (C=O) groups excluding carboxylic acids is 1. The van der Waals surface area contributed by atoms with Crippen molar-refractivity contribution < 1.29 is 18.7 Å². The Balaban J connectivity index is 2.00. The van der Waals surface area contributed by atoms with Crippen LogP contribution in [0.25, 0.3) is 0 Å². The summed E-state index contributed by atoms with van der Waals surface area (Å²) < 4.78 is 23.9. The summed E-state index contributed by atoms with van der Waals surface area (Å²) in [5, 5.41) is 2.99. The number of esters is 1. The Morgan fingerprint density at radius 1 is 1.53 bits per heavy atom. The number of hydrogen-bond donors (Lipinski definition) is 1. The number of rotatable bonds is 4. The standard InChI is InChI=1S/C14H18FNO3/c1-9-3-5-11(19-9)8-16-13-7-10(14(17)18-2)4-6-12(13)15/h4,6-7,9,11,16H,3,5,8H2,1-2H3. The Labute approximate surface area is 111 Å². The van der Waals surface area contributed by atoms with Crippen molar-refractivity contribution in [1.82, 2.24) is 0 Å². The molecule has 1 aromatic rings. The molecule has 1 aliphatic rings. The number of anilines is 1. The maximum atomic E-state index is 13.6. The van der Waals surface area contributed by atoms with E-state index < -0.39 is 11.8 Å². The normalized spacial score (nSPS) is 22.3. The molecule has 104 valence electrons. The largest absolute Gasteiger partial charge is 0.465 e. The molecule has 0 spiro atoms. The summed E-state index contributed by atoms with van der Waals surface area (Å²) in [6.45, 7) is 2.56. The van der Waals surface area contributed by atoms with Crippen LogP contribution in [0, 0.1) is 5.82 Å².